The van der Waals surface area contributed by atoms with Crippen LogP contribution in [0.1, 0.15) is 24.2 Å². The second kappa shape index (κ2) is 3.89. The second-order valence-corrected chi connectivity index (χ2v) is 4.28. The zero-order valence-electron chi connectivity index (χ0n) is 9.97. The lowest BCUT2D eigenvalue weighted by Gasteiger charge is -2.06. The quantitative estimate of drug-likeness (QED) is 0.856. The highest BCUT2D eigenvalue weighted by molar-refractivity contribution is 5.40. The van der Waals surface area contributed by atoms with Crippen molar-refractivity contribution in [2.24, 2.45) is 0 Å². The molecule has 2 heterocycles. The fraction of sp³-hybridized carbons (Fsp3) is 0.308. The van der Waals surface area contributed by atoms with E-state index in [-0.39, 0.29) is 0 Å². The molecule has 1 atom stereocenters. The van der Waals surface area contributed by atoms with Crippen LogP contribution in [0, 0.1) is 0 Å². The zero-order valence-corrected chi connectivity index (χ0v) is 9.97. The smallest absolute Gasteiger partial charge is 0.121 e. The molecule has 0 bridgehead atoms. The first kappa shape index (κ1) is 10.4. The second-order valence-electron chi connectivity index (χ2n) is 4.28. The van der Waals surface area contributed by atoms with Crippen molar-refractivity contribution in [3.63, 3.8) is 0 Å². The van der Waals surface area contributed by atoms with Crippen molar-refractivity contribution < 1.29 is 4.74 Å². The first-order chi connectivity index (χ1) is 8.28. The van der Waals surface area contributed by atoms with Gasteiger partial charge in [-0.1, -0.05) is 6.07 Å². The van der Waals surface area contributed by atoms with Crippen molar-refractivity contribution in [2.75, 3.05) is 7.11 Å². The molecule has 1 aromatic heterocycles. The number of hydrogen-bond acceptors (Lipinski definition) is 3. The topological polar surface area (TPSA) is 39.1 Å². The minimum absolute atomic E-state index is 0.393. The van der Waals surface area contributed by atoms with Crippen molar-refractivity contribution in [1.82, 2.24) is 15.1 Å². The molecule has 0 radical (unpaired) electrons. The molecule has 0 amide bonds. The van der Waals surface area contributed by atoms with Crippen LogP contribution in [0.25, 0.3) is 5.69 Å². The molecule has 2 aromatic rings. The molecule has 1 unspecified atom stereocenters. The average Bonchev–Trinajstić information content (AvgIpc) is 2.92. The van der Waals surface area contributed by atoms with Crippen LogP contribution in [0.4, 0.5) is 0 Å². The van der Waals surface area contributed by atoms with Crippen LogP contribution in [-0.4, -0.2) is 16.9 Å². The Hall–Kier alpha value is -1.81. The number of nitrogens with zero attached hydrogens (tertiary/aromatic N) is 2. The third-order valence-electron chi connectivity index (χ3n) is 3.18. The van der Waals surface area contributed by atoms with E-state index in [4.69, 9.17) is 4.74 Å². The van der Waals surface area contributed by atoms with Crippen molar-refractivity contribution in [3.8, 4) is 11.4 Å². The van der Waals surface area contributed by atoms with Gasteiger partial charge in [-0.05, 0) is 19.1 Å². The maximum Gasteiger partial charge on any atom is 0.121 e. The predicted octanol–water partition coefficient (Wildman–Crippen LogP) is 2.05. The highest BCUT2D eigenvalue weighted by Gasteiger charge is 2.21. The van der Waals surface area contributed by atoms with Gasteiger partial charge in [0.05, 0.1) is 18.5 Å². The van der Waals surface area contributed by atoms with Crippen LogP contribution >= 0.6 is 0 Å². The molecule has 4 nitrogen and oxygen atoms in total. The molecule has 88 valence electrons. The Balaban J connectivity index is 2.01. The Morgan fingerprint density at radius 3 is 3.12 bits per heavy atom. The molecule has 4 heteroatoms. The van der Waals surface area contributed by atoms with Crippen LogP contribution in [-0.2, 0) is 6.54 Å². The molecule has 0 fully saturated rings. The summed E-state index contributed by atoms with van der Waals surface area (Å²) in [7, 11) is 1.67. The molecule has 0 aliphatic carbocycles. The molecule has 1 N–H and O–H groups in total. The highest BCUT2D eigenvalue weighted by atomic mass is 16.5. The Morgan fingerprint density at radius 1 is 1.47 bits per heavy atom. The normalized spacial score (nSPS) is 18.1. The Bertz CT molecular complexity index is 547. The van der Waals surface area contributed by atoms with E-state index in [2.05, 4.69) is 23.5 Å². The third-order valence-corrected chi connectivity index (χ3v) is 3.18. The summed E-state index contributed by atoms with van der Waals surface area (Å²) in [4.78, 5) is 0. The number of nitrogens with one attached hydrogen (secondary N) is 1. The number of aromatic nitrogens is 2. The van der Waals surface area contributed by atoms with Crippen LogP contribution in [0.5, 0.6) is 5.75 Å². The number of hydrogen-bond donors (Lipinski definition) is 1. The third kappa shape index (κ3) is 1.70. The van der Waals surface area contributed by atoms with E-state index in [1.807, 2.05) is 28.9 Å². The fourth-order valence-electron chi connectivity index (χ4n) is 2.17. The van der Waals surface area contributed by atoms with Gasteiger partial charge in [-0.2, -0.15) is 5.10 Å². The molecule has 1 aromatic carbocycles. The highest BCUT2D eigenvalue weighted by Crippen LogP contribution is 2.25. The van der Waals surface area contributed by atoms with Crippen LogP contribution in [0.15, 0.2) is 30.5 Å². The molecule has 0 saturated carbocycles. The minimum atomic E-state index is 0.393. The lowest BCUT2D eigenvalue weighted by molar-refractivity contribution is 0.414. The van der Waals surface area contributed by atoms with E-state index in [0.29, 0.717) is 6.04 Å². The summed E-state index contributed by atoms with van der Waals surface area (Å²) >= 11 is 0. The van der Waals surface area contributed by atoms with Gasteiger partial charge in [-0.15, -0.1) is 0 Å². The molecular weight excluding hydrogens is 214 g/mol. The van der Waals surface area contributed by atoms with Gasteiger partial charge in [0.15, 0.2) is 0 Å². The van der Waals surface area contributed by atoms with E-state index in [9.17, 15) is 0 Å². The summed E-state index contributed by atoms with van der Waals surface area (Å²) in [6, 6.07) is 8.32. The average molecular weight is 229 g/mol. The van der Waals surface area contributed by atoms with Gasteiger partial charge in [0.2, 0.25) is 0 Å². The van der Waals surface area contributed by atoms with Crippen LogP contribution < -0.4 is 10.1 Å². The van der Waals surface area contributed by atoms with Crippen molar-refractivity contribution in [2.45, 2.75) is 19.5 Å². The van der Waals surface area contributed by atoms with Gasteiger partial charge in [0.25, 0.3) is 0 Å². The largest absolute Gasteiger partial charge is 0.497 e. The molecule has 17 heavy (non-hydrogen) atoms. The summed E-state index contributed by atoms with van der Waals surface area (Å²) in [6.07, 6.45) is 2.09. The van der Waals surface area contributed by atoms with Gasteiger partial charge in [0.1, 0.15) is 5.75 Å². The monoisotopic (exact) mass is 229 g/mol. The van der Waals surface area contributed by atoms with Gasteiger partial charge in [-0.3, -0.25) is 0 Å². The predicted molar refractivity (Wildman–Crippen MR) is 65.4 cm³/mol. The van der Waals surface area contributed by atoms with E-state index in [1.165, 1.54) is 5.56 Å². The zero-order chi connectivity index (χ0) is 11.8. The Morgan fingerprint density at radius 2 is 2.35 bits per heavy atom. The fourth-order valence-corrected chi connectivity index (χ4v) is 2.17. The van der Waals surface area contributed by atoms with E-state index >= 15 is 0 Å². The molecule has 1 aliphatic heterocycles. The number of fused-ring (bicyclic) bond motifs is 1. The Labute approximate surface area is 100 Å². The van der Waals surface area contributed by atoms with Crippen molar-refractivity contribution in [3.05, 3.63) is 41.7 Å². The Kier molecular flexibility index (Phi) is 2.37. The summed E-state index contributed by atoms with van der Waals surface area (Å²) in [5, 5.41) is 7.95. The van der Waals surface area contributed by atoms with Crippen molar-refractivity contribution in [1.29, 1.82) is 0 Å². The van der Waals surface area contributed by atoms with Gasteiger partial charge < -0.3 is 10.1 Å². The molecule has 0 spiro atoms. The maximum atomic E-state index is 5.22. The van der Waals surface area contributed by atoms with E-state index < -0.39 is 0 Å². The maximum absolute atomic E-state index is 5.22. The lowest BCUT2D eigenvalue weighted by atomic mass is 10.2. The summed E-state index contributed by atoms with van der Waals surface area (Å²) < 4.78 is 7.14. The molecular formula is C13H15N3O. The minimum Gasteiger partial charge on any atom is -0.497 e. The summed E-state index contributed by atoms with van der Waals surface area (Å²) in [5.74, 6) is 0.851. The molecule has 3 rings (SSSR count). The number of benzene rings is 1. The summed E-state index contributed by atoms with van der Waals surface area (Å²) in [5.41, 5.74) is 3.46. The summed E-state index contributed by atoms with van der Waals surface area (Å²) in [6.45, 7) is 3.01. The number of ether oxygens (including phenoxy) is 1. The number of rotatable bonds is 2. The molecule has 1 aliphatic rings. The van der Waals surface area contributed by atoms with Gasteiger partial charge in [-0.25, -0.2) is 4.68 Å². The van der Waals surface area contributed by atoms with E-state index in [0.717, 1.165) is 23.7 Å². The standard InChI is InChI=1S/C13H15N3O/c1-9-12-8-16(15-13(12)7-14-9)10-4-3-5-11(6-10)17-2/h3-6,8-9,14H,7H2,1-2H3. The first-order valence-corrected chi connectivity index (χ1v) is 5.74. The van der Waals surface area contributed by atoms with Crippen LogP contribution in [0.3, 0.4) is 0 Å². The van der Waals surface area contributed by atoms with E-state index in [1.54, 1.807) is 7.11 Å². The SMILES string of the molecule is COc1cccc(-n2cc3c(n2)CNC3C)c1. The van der Waals surface area contributed by atoms with Crippen LogP contribution in [0.2, 0.25) is 0 Å². The first-order valence-electron chi connectivity index (χ1n) is 5.74. The number of methoxy groups -OCH3 is 1. The molecule has 0 saturated heterocycles. The van der Waals surface area contributed by atoms with Crippen molar-refractivity contribution >= 4 is 0 Å². The lowest BCUT2D eigenvalue weighted by Crippen LogP contribution is -2.09. The van der Waals surface area contributed by atoms with Gasteiger partial charge in [0, 0.05) is 30.4 Å². The van der Waals surface area contributed by atoms with Gasteiger partial charge >= 0.3 is 0 Å².